The maximum Gasteiger partial charge on any atom is 0.387 e. The van der Waals surface area contributed by atoms with E-state index in [1.54, 1.807) is 6.07 Å². The van der Waals surface area contributed by atoms with Crippen LogP contribution in [0.25, 0.3) is 5.70 Å². The monoisotopic (exact) mass is 579 g/mol. The van der Waals surface area contributed by atoms with Crippen molar-refractivity contribution in [1.29, 1.82) is 0 Å². The van der Waals surface area contributed by atoms with Crippen LogP contribution in [0.2, 0.25) is 0 Å². The Morgan fingerprint density at radius 1 is 1.07 bits per heavy atom. The number of ether oxygens (including phenoxy) is 1. The lowest BCUT2D eigenvalue weighted by Crippen LogP contribution is -2.34. The van der Waals surface area contributed by atoms with Crippen LogP contribution in [-0.4, -0.2) is 28.8 Å². The Kier molecular flexibility index (Phi) is 14.3. The first-order valence-electron chi connectivity index (χ1n) is 15.3. The summed E-state index contributed by atoms with van der Waals surface area (Å²) in [7, 11) is 0. The van der Waals surface area contributed by atoms with Gasteiger partial charge in [-0.3, -0.25) is 4.79 Å². The lowest BCUT2D eigenvalue weighted by atomic mass is 9.79. The Labute approximate surface area is 244 Å². The van der Waals surface area contributed by atoms with Gasteiger partial charge in [0.25, 0.3) is 0 Å². The van der Waals surface area contributed by atoms with Crippen LogP contribution in [0.15, 0.2) is 29.1 Å². The van der Waals surface area contributed by atoms with Crippen molar-refractivity contribution in [1.82, 2.24) is 5.32 Å². The number of unbranched alkanes of at least 4 members (excludes halogenated alkanes) is 1. The van der Waals surface area contributed by atoms with Gasteiger partial charge >= 0.3 is 12.6 Å². The molecule has 7 nitrogen and oxygen atoms in total. The molecule has 0 heterocycles. The molecule has 0 spiro atoms. The number of nitrogens with one attached hydrogen (secondary N) is 1. The zero-order chi connectivity index (χ0) is 30.5. The van der Waals surface area contributed by atoms with E-state index in [9.17, 15) is 23.8 Å². The van der Waals surface area contributed by atoms with Crippen LogP contribution in [-0.2, 0) is 11.2 Å². The Morgan fingerprint density at radius 3 is 2.29 bits per heavy atom. The molecule has 7 N–H and O–H groups in total. The van der Waals surface area contributed by atoms with Crippen LogP contribution in [0, 0.1) is 11.8 Å². The largest absolute Gasteiger partial charge is 0.507 e. The first-order chi connectivity index (χ1) is 19.6. The highest BCUT2D eigenvalue weighted by Gasteiger charge is 2.25. The SMILES string of the molecule is CCCCC(=C(/N)c1c(O)cc(OC(F)F)cc1CC1CCC1)/C(CC)=C(\N)NC(CC)CCC(CCC)C(=O)O. The average molecular weight is 580 g/mol. The summed E-state index contributed by atoms with van der Waals surface area (Å²) in [5.74, 6) is -0.515. The van der Waals surface area contributed by atoms with Crippen molar-refractivity contribution in [2.45, 2.75) is 124 Å². The number of alkyl halides is 2. The van der Waals surface area contributed by atoms with Crippen LogP contribution in [0.1, 0.15) is 116 Å². The standard InChI is InChI=1S/C32H51F2N3O4/c1-5-9-14-26(25(8-4)30(36)37-23(7-3)16-15-21(11-6-2)31(39)40)29(35)28-22(17-20-12-10-13-20)18-24(19-27(28)38)41-32(33)34/h18-21,23,32,37-38H,5-17,35-36H2,1-4H3,(H,39,40)/b29-26-,30-25+. The third-order valence-corrected chi connectivity index (χ3v) is 8.25. The van der Waals surface area contributed by atoms with Gasteiger partial charge in [0.15, 0.2) is 0 Å². The molecule has 1 aromatic rings. The normalized spacial score (nSPS) is 16.5. The topological polar surface area (TPSA) is 131 Å². The van der Waals surface area contributed by atoms with E-state index >= 15 is 0 Å². The number of phenols is 1. The minimum Gasteiger partial charge on any atom is -0.507 e. The van der Waals surface area contributed by atoms with Crippen molar-refractivity contribution in [2.75, 3.05) is 0 Å². The molecule has 1 aliphatic carbocycles. The van der Waals surface area contributed by atoms with Gasteiger partial charge in [0.05, 0.1) is 11.7 Å². The number of phenolic OH excluding ortho intramolecular Hbond substituents is 1. The molecule has 41 heavy (non-hydrogen) atoms. The second-order valence-corrected chi connectivity index (χ2v) is 11.2. The summed E-state index contributed by atoms with van der Waals surface area (Å²) in [4.78, 5) is 11.6. The van der Waals surface area contributed by atoms with Gasteiger partial charge in [-0.1, -0.05) is 59.8 Å². The van der Waals surface area contributed by atoms with Crippen LogP contribution in [0.4, 0.5) is 8.78 Å². The molecule has 1 aliphatic rings. The summed E-state index contributed by atoms with van der Waals surface area (Å²) >= 11 is 0. The number of hydrogen-bond donors (Lipinski definition) is 5. The maximum absolute atomic E-state index is 13.0. The second kappa shape index (κ2) is 17.1. The molecule has 1 saturated carbocycles. The number of carboxylic acid groups (broad SMARTS) is 1. The number of allylic oxidation sites excluding steroid dienone is 2. The first-order valence-corrected chi connectivity index (χ1v) is 15.3. The summed E-state index contributed by atoms with van der Waals surface area (Å²) in [6, 6.07) is 2.77. The fourth-order valence-electron chi connectivity index (χ4n) is 5.65. The summed E-state index contributed by atoms with van der Waals surface area (Å²) in [6.07, 6.45) is 10.3. The number of carbonyl (C=O) groups is 1. The lowest BCUT2D eigenvalue weighted by Gasteiger charge is -2.28. The molecule has 0 aromatic heterocycles. The summed E-state index contributed by atoms with van der Waals surface area (Å²) in [5.41, 5.74) is 16.8. The Bertz CT molecular complexity index is 1050. The predicted octanol–water partition coefficient (Wildman–Crippen LogP) is 7.43. The third kappa shape index (κ3) is 10.1. The molecular formula is C32H51F2N3O4. The number of aliphatic carboxylic acids is 1. The highest BCUT2D eigenvalue weighted by molar-refractivity contribution is 5.77. The molecular weight excluding hydrogens is 528 g/mol. The summed E-state index contributed by atoms with van der Waals surface area (Å²) in [6.45, 7) is 5.12. The number of hydrogen-bond acceptors (Lipinski definition) is 6. The molecule has 0 bridgehead atoms. The van der Waals surface area contributed by atoms with Crippen molar-refractivity contribution in [3.8, 4) is 11.5 Å². The summed E-state index contributed by atoms with van der Waals surface area (Å²) < 4.78 is 30.7. The smallest absolute Gasteiger partial charge is 0.387 e. The van der Waals surface area contributed by atoms with Gasteiger partial charge in [-0.25, -0.2) is 0 Å². The van der Waals surface area contributed by atoms with Crippen molar-refractivity contribution in [3.63, 3.8) is 0 Å². The Balaban J connectivity index is 2.52. The molecule has 0 aliphatic heterocycles. The predicted molar refractivity (Wildman–Crippen MR) is 160 cm³/mol. The minimum absolute atomic E-state index is 0.00253. The highest BCUT2D eigenvalue weighted by Crippen LogP contribution is 2.40. The molecule has 1 aromatic carbocycles. The van der Waals surface area contributed by atoms with Crippen molar-refractivity contribution >= 4 is 11.7 Å². The van der Waals surface area contributed by atoms with E-state index in [0.717, 1.165) is 56.1 Å². The number of benzene rings is 1. The summed E-state index contributed by atoms with van der Waals surface area (Å²) in [5, 5.41) is 24.1. The first kappa shape index (κ1) is 34.2. The van der Waals surface area contributed by atoms with E-state index < -0.39 is 12.6 Å². The van der Waals surface area contributed by atoms with E-state index in [0.29, 0.717) is 67.1 Å². The molecule has 2 unspecified atom stereocenters. The van der Waals surface area contributed by atoms with Crippen LogP contribution in [0.3, 0.4) is 0 Å². The zero-order valence-corrected chi connectivity index (χ0v) is 25.3. The van der Waals surface area contributed by atoms with E-state index in [2.05, 4.69) is 17.0 Å². The maximum atomic E-state index is 13.0. The molecule has 232 valence electrons. The fraction of sp³-hybridized carbons (Fsp3) is 0.656. The zero-order valence-electron chi connectivity index (χ0n) is 25.3. The van der Waals surface area contributed by atoms with Gasteiger partial charge in [-0.2, -0.15) is 8.78 Å². The van der Waals surface area contributed by atoms with Crippen LogP contribution in [0.5, 0.6) is 11.5 Å². The molecule has 1 fully saturated rings. The second-order valence-electron chi connectivity index (χ2n) is 11.2. The lowest BCUT2D eigenvalue weighted by molar-refractivity contribution is -0.142. The van der Waals surface area contributed by atoms with E-state index in [4.69, 9.17) is 11.5 Å². The third-order valence-electron chi connectivity index (χ3n) is 8.25. The quantitative estimate of drug-likeness (QED) is 0.108. The van der Waals surface area contributed by atoms with Crippen molar-refractivity contribution in [2.24, 2.45) is 23.3 Å². The molecule has 2 rings (SSSR count). The van der Waals surface area contributed by atoms with E-state index in [1.165, 1.54) is 6.07 Å². The van der Waals surface area contributed by atoms with Gasteiger partial charge in [0, 0.05) is 23.4 Å². The molecule has 0 radical (unpaired) electrons. The van der Waals surface area contributed by atoms with Crippen LogP contribution < -0.4 is 21.5 Å². The Hall–Kier alpha value is -2.97. The van der Waals surface area contributed by atoms with Gasteiger partial charge in [0.2, 0.25) is 0 Å². The molecule has 0 amide bonds. The number of nitrogens with two attached hydrogens (primary N) is 2. The molecule has 9 heteroatoms. The number of aromatic hydroxyl groups is 1. The van der Waals surface area contributed by atoms with Gasteiger partial charge in [-0.15, -0.1) is 0 Å². The van der Waals surface area contributed by atoms with E-state index in [1.807, 2.05) is 20.8 Å². The number of halogens is 2. The fourth-order valence-corrected chi connectivity index (χ4v) is 5.65. The Morgan fingerprint density at radius 2 is 1.78 bits per heavy atom. The number of carboxylic acids is 1. The van der Waals surface area contributed by atoms with Gasteiger partial charge < -0.3 is 31.7 Å². The van der Waals surface area contributed by atoms with Gasteiger partial charge in [0.1, 0.15) is 11.5 Å². The highest BCUT2D eigenvalue weighted by atomic mass is 19.3. The molecule has 2 atom stereocenters. The van der Waals surface area contributed by atoms with E-state index in [-0.39, 0.29) is 23.5 Å². The average Bonchev–Trinajstić information content (AvgIpc) is 2.88. The van der Waals surface area contributed by atoms with Gasteiger partial charge in [-0.05, 0) is 80.1 Å². The minimum atomic E-state index is -3.00. The van der Waals surface area contributed by atoms with Crippen molar-refractivity contribution < 1.29 is 28.5 Å². The van der Waals surface area contributed by atoms with Crippen LogP contribution >= 0.6 is 0 Å². The molecule has 0 saturated heterocycles. The van der Waals surface area contributed by atoms with Crippen molar-refractivity contribution in [3.05, 3.63) is 40.2 Å². The number of rotatable bonds is 19.